The average Bonchev–Trinajstić information content (AvgIpc) is 3.05. The van der Waals surface area contributed by atoms with E-state index in [9.17, 15) is 24.6 Å². The second-order valence-corrected chi connectivity index (χ2v) is 6.62. The lowest BCUT2D eigenvalue weighted by Gasteiger charge is -2.43. The van der Waals surface area contributed by atoms with Gasteiger partial charge in [-0.1, -0.05) is 0 Å². The molecule has 3 heterocycles. The van der Waals surface area contributed by atoms with Gasteiger partial charge in [-0.05, 0) is 6.92 Å². The predicted molar refractivity (Wildman–Crippen MR) is 72.6 cm³/mol. The molecule has 0 saturated carbocycles. The summed E-state index contributed by atoms with van der Waals surface area (Å²) in [6.45, 7) is 2.31. The molecule has 0 aromatic carbocycles. The quantitative estimate of drug-likeness (QED) is 0.411. The molecular weight excluding hydrogens is 298 g/mol. The van der Waals surface area contributed by atoms with Crippen molar-refractivity contribution in [2.75, 3.05) is 13.1 Å². The van der Waals surface area contributed by atoms with E-state index in [0.717, 1.165) is 0 Å². The van der Waals surface area contributed by atoms with E-state index in [1.807, 2.05) is 0 Å². The highest BCUT2D eigenvalue weighted by atomic mass is 32.2. The molecule has 0 aliphatic carbocycles. The zero-order valence-corrected chi connectivity index (χ0v) is 12.0. The Bertz CT molecular complexity index is 575. The van der Waals surface area contributed by atoms with Crippen LogP contribution in [-0.2, 0) is 14.4 Å². The van der Waals surface area contributed by atoms with Crippen LogP contribution in [0.3, 0.4) is 0 Å². The van der Waals surface area contributed by atoms with Gasteiger partial charge in [0, 0.05) is 18.0 Å². The largest absolute Gasteiger partial charge is 0.477 e. The van der Waals surface area contributed by atoms with Gasteiger partial charge < -0.3 is 15.9 Å². The van der Waals surface area contributed by atoms with E-state index in [2.05, 4.69) is 0 Å². The summed E-state index contributed by atoms with van der Waals surface area (Å²) in [7, 11) is 0. The number of aliphatic hydroxyl groups is 1. The first-order valence-corrected chi connectivity index (χ1v) is 7.38. The number of primary amides is 1. The summed E-state index contributed by atoms with van der Waals surface area (Å²) < 4.78 is 0. The molecule has 2 fully saturated rings. The zero-order chi connectivity index (χ0) is 15.5. The van der Waals surface area contributed by atoms with Gasteiger partial charge in [0.2, 0.25) is 11.8 Å². The number of aliphatic carboxylic acids is 1. The van der Waals surface area contributed by atoms with E-state index in [1.54, 1.807) is 4.90 Å². The Morgan fingerprint density at radius 2 is 2.19 bits per heavy atom. The summed E-state index contributed by atoms with van der Waals surface area (Å²) in [5.41, 5.74) is 5.15. The fraction of sp³-hybridized carbons (Fsp3) is 0.583. The van der Waals surface area contributed by atoms with Crippen LogP contribution >= 0.6 is 11.8 Å². The first kappa shape index (κ1) is 14.4. The van der Waals surface area contributed by atoms with Crippen LogP contribution in [0.15, 0.2) is 10.6 Å². The van der Waals surface area contributed by atoms with Crippen molar-refractivity contribution in [2.24, 2.45) is 11.7 Å². The molecule has 9 heteroatoms. The standard InChI is InChI=1S/C12H15N3O5S/c1-4(16)7-10(18)15-8(12(19)20)6(21-11(7)15)3-14-2-5(14)9(13)17/h4-5,7,11,16H,2-3H2,1H3,(H2,13,17)(H,19,20)/t4-,5?,7+,11-,14?/m1/s1. The molecule has 21 heavy (non-hydrogen) atoms. The lowest BCUT2D eigenvalue weighted by Crippen LogP contribution is -2.60. The van der Waals surface area contributed by atoms with Crippen molar-refractivity contribution >= 4 is 29.5 Å². The summed E-state index contributed by atoms with van der Waals surface area (Å²) >= 11 is 1.27. The number of aliphatic hydroxyl groups excluding tert-OH is 1. The number of hydrogen-bond acceptors (Lipinski definition) is 6. The summed E-state index contributed by atoms with van der Waals surface area (Å²) in [4.78, 5) is 37.9. The second-order valence-electron chi connectivity index (χ2n) is 5.41. The van der Waals surface area contributed by atoms with E-state index < -0.39 is 23.9 Å². The van der Waals surface area contributed by atoms with Crippen LogP contribution in [0, 0.1) is 5.92 Å². The normalized spacial score (nSPS) is 35.3. The van der Waals surface area contributed by atoms with Gasteiger partial charge in [-0.25, -0.2) is 4.79 Å². The number of hydrogen-bond donors (Lipinski definition) is 3. The van der Waals surface area contributed by atoms with Crippen molar-refractivity contribution in [2.45, 2.75) is 24.4 Å². The number of carbonyl (C=O) groups excluding carboxylic acids is 2. The van der Waals surface area contributed by atoms with Gasteiger partial charge in [-0.15, -0.1) is 11.8 Å². The van der Waals surface area contributed by atoms with Crippen LogP contribution in [0.2, 0.25) is 0 Å². The van der Waals surface area contributed by atoms with Gasteiger partial charge in [-0.3, -0.25) is 19.4 Å². The molecule has 2 amide bonds. The third kappa shape index (κ3) is 2.12. The first-order valence-electron chi connectivity index (χ1n) is 6.50. The van der Waals surface area contributed by atoms with Crippen molar-refractivity contribution in [1.82, 2.24) is 9.80 Å². The molecule has 4 N–H and O–H groups in total. The highest BCUT2D eigenvalue weighted by Crippen LogP contribution is 2.50. The minimum atomic E-state index is -1.17. The van der Waals surface area contributed by atoms with E-state index >= 15 is 0 Å². The molecule has 0 aromatic heterocycles. The van der Waals surface area contributed by atoms with E-state index in [0.29, 0.717) is 11.4 Å². The van der Waals surface area contributed by atoms with Gasteiger partial charge >= 0.3 is 5.97 Å². The van der Waals surface area contributed by atoms with Crippen molar-refractivity contribution < 1.29 is 24.6 Å². The van der Waals surface area contributed by atoms with Gasteiger partial charge in [0.15, 0.2) is 0 Å². The number of carbonyl (C=O) groups is 3. The Balaban J connectivity index is 1.79. The Morgan fingerprint density at radius 1 is 1.52 bits per heavy atom. The van der Waals surface area contributed by atoms with Crippen LogP contribution in [0.4, 0.5) is 0 Å². The molecule has 3 aliphatic heterocycles. The molecule has 2 saturated heterocycles. The molecule has 8 nitrogen and oxygen atoms in total. The Hall–Kier alpha value is -1.58. The summed E-state index contributed by atoms with van der Waals surface area (Å²) in [6.07, 6.45) is -0.819. The summed E-state index contributed by atoms with van der Waals surface area (Å²) in [5.74, 6) is -2.55. The zero-order valence-electron chi connectivity index (χ0n) is 11.2. The number of rotatable bonds is 5. The molecule has 3 aliphatic rings. The number of carboxylic acids is 1. The van der Waals surface area contributed by atoms with Crippen molar-refractivity contribution in [1.29, 1.82) is 0 Å². The number of β-lactam (4-membered cyclic amide) rings is 1. The minimum Gasteiger partial charge on any atom is -0.477 e. The first-order chi connectivity index (χ1) is 9.82. The van der Waals surface area contributed by atoms with Crippen LogP contribution in [-0.4, -0.2) is 68.4 Å². The van der Waals surface area contributed by atoms with E-state index in [1.165, 1.54) is 23.6 Å². The monoisotopic (exact) mass is 313 g/mol. The molecule has 114 valence electrons. The number of amides is 2. The maximum absolute atomic E-state index is 12.0. The Morgan fingerprint density at radius 3 is 2.67 bits per heavy atom. The fourth-order valence-electron chi connectivity index (χ4n) is 2.77. The minimum absolute atomic E-state index is 0.0398. The Kier molecular flexibility index (Phi) is 3.23. The van der Waals surface area contributed by atoms with Crippen LogP contribution < -0.4 is 5.73 Å². The van der Waals surface area contributed by atoms with Crippen molar-refractivity contribution in [3.8, 4) is 0 Å². The highest BCUT2D eigenvalue weighted by molar-refractivity contribution is 8.04. The topological polar surface area (TPSA) is 124 Å². The number of nitrogens with two attached hydrogens (primary N) is 1. The molecule has 0 radical (unpaired) electrons. The van der Waals surface area contributed by atoms with Crippen LogP contribution in [0.1, 0.15) is 6.92 Å². The lowest BCUT2D eigenvalue weighted by atomic mass is 9.92. The number of carboxylic acid groups (broad SMARTS) is 1. The third-order valence-electron chi connectivity index (χ3n) is 3.96. The van der Waals surface area contributed by atoms with Crippen molar-refractivity contribution in [3.05, 3.63) is 10.6 Å². The number of thioether (sulfide) groups is 1. The van der Waals surface area contributed by atoms with Crippen LogP contribution in [0.25, 0.3) is 0 Å². The molecule has 0 aromatic rings. The molecule has 0 spiro atoms. The smallest absolute Gasteiger partial charge is 0.353 e. The van der Waals surface area contributed by atoms with E-state index in [-0.39, 0.29) is 29.6 Å². The number of fused-ring (bicyclic) bond motifs is 1. The number of nitrogens with zero attached hydrogens (tertiary/aromatic N) is 2. The fourth-order valence-corrected chi connectivity index (χ4v) is 4.40. The third-order valence-corrected chi connectivity index (χ3v) is 5.32. The second kappa shape index (κ2) is 4.72. The summed E-state index contributed by atoms with van der Waals surface area (Å²) in [6, 6.07) is -0.357. The predicted octanol–water partition coefficient (Wildman–Crippen LogP) is -1.64. The maximum atomic E-state index is 12.0. The summed E-state index contributed by atoms with van der Waals surface area (Å²) in [5, 5.41) is 18.6. The molecular formula is C12H15N3O5S. The van der Waals surface area contributed by atoms with Crippen molar-refractivity contribution in [3.63, 3.8) is 0 Å². The molecule has 5 atom stereocenters. The molecule has 2 unspecified atom stereocenters. The maximum Gasteiger partial charge on any atom is 0.353 e. The average molecular weight is 313 g/mol. The highest BCUT2D eigenvalue weighted by Gasteiger charge is 2.58. The van der Waals surface area contributed by atoms with Gasteiger partial charge in [0.1, 0.15) is 17.1 Å². The molecule has 3 rings (SSSR count). The van der Waals surface area contributed by atoms with Crippen LogP contribution in [0.5, 0.6) is 0 Å². The lowest BCUT2D eigenvalue weighted by molar-refractivity contribution is -0.156. The van der Waals surface area contributed by atoms with Gasteiger partial charge in [-0.2, -0.15) is 0 Å². The van der Waals surface area contributed by atoms with Gasteiger partial charge in [0.05, 0.1) is 12.0 Å². The molecule has 0 bridgehead atoms. The van der Waals surface area contributed by atoms with E-state index in [4.69, 9.17) is 5.73 Å². The Labute approximate surface area is 124 Å². The van der Waals surface area contributed by atoms with Gasteiger partial charge in [0.25, 0.3) is 0 Å². The SMILES string of the molecule is C[C@@H](O)[C@H]1C(=O)N2C(C(=O)O)=C(CN3CC3C(N)=O)S[C@H]12.